The molecule has 4 aromatic carbocycles. The number of carbonyl (C=O) groups excluding carboxylic acids is 2. The average Bonchev–Trinajstić information content (AvgIpc) is 3.55. The Morgan fingerprint density at radius 2 is 1.58 bits per heavy atom. The van der Waals surface area contributed by atoms with Crippen molar-refractivity contribution in [2.45, 2.75) is 50.4 Å². The molecule has 1 aliphatic carbocycles. The van der Waals surface area contributed by atoms with Gasteiger partial charge in [-0.15, -0.1) is 0 Å². The molecule has 8 nitrogen and oxygen atoms in total. The molecule has 5 aromatic rings. The third-order valence-electron chi connectivity index (χ3n) is 8.81. The van der Waals surface area contributed by atoms with Gasteiger partial charge in [-0.05, 0) is 90.4 Å². The first kappa shape index (κ1) is 35.7. The Bertz CT molecular complexity index is 1920. The van der Waals surface area contributed by atoms with Crippen LogP contribution in [0, 0.1) is 0 Å². The number of hydrogen-bond acceptors (Lipinski definition) is 7. The number of amides is 1. The smallest absolute Gasteiger partial charge is 1.00 e. The van der Waals surface area contributed by atoms with Crippen LogP contribution < -0.4 is 40.6 Å². The van der Waals surface area contributed by atoms with Crippen molar-refractivity contribution < 1.29 is 57.6 Å². The monoisotopic (exact) mass is 674 g/mol. The van der Waals surface area contributed by atoms with E-state index in [2.05, 4.69) is 21.6 Å². The summed E-state index contributed by atoms with van der Waals surface area (Å²) in [5.74, 6) is 0.583. The third kappa shape index (κ3) is 8.52. The van der Waals surface area contributed by atoms with Crippen LogP contribution in [-0.4, -0.2) is 32.6 Å². The van der Waals surface area contributed by atoms with Crippen LogP contribution in [0.5, 0.6) is 0 Å². The van der Waals surface area contributed by atoms with Crippen LogP contribution in [0.2, 0.25) is 0 Å². The first-order valence-corrected chi connectivity index (χ1v) is 17.4. The van der Waals surface area contributed by atoms with Gasteiger partial charge in [0.15, 0.2) is 0 Å². The van der Waals surface area contributed by atoms with Crippen molar-refractivity contribution in [2.24, 2.45) is 5.73 Å². The summed E-state index contributed by atoms with van der Waals surface area (Å²) in [4.78, 5) is 26.4. The molecular formula is C38H39N2NaO6S. The van der Waals surface area contributed by atoms with E-state index in [1.807, 2.05) is 66.7 Å². The summed E-state index contributed by atoms with van der Waals surface area (Å²) in [6, 6.07) is 32.0. The molecular weight excluding hydrogens is 635 g/mol. The molecule has 6 rings (SSSR count). The molecule has 3 N–H and O–H groups in total. The summed E-state index contributed by atoms with van der Waals surface area (Å²) < 4.78 is 35.1. The first-order chi connectivity index (χ1) is 22.8. The zero-order chi connectivity index (χ0) is 32.8. The summed E-state index contributed by atoms with van der Waals surface area (Å²) in [6.07, 6.45) is 6.48. The molecule has 1 heterocycles. The summed E-state index contributed by atoms with van der Waals surface area (Å²) >= 11 is 0. The first-order valence-electron chi connectivity index (χ1n) is 16.0. The quantitative estimate of drug-likeness (QED) is 0.154. The second kappa shape index (κ2) is 16.2. The molecule has 1 aliphatic rings. The molecule has 1 fully saturated rings. The number of anilines is 1. The van der Waals surface area contributed by atoms with Crippen LogP contribution in [-0.2, 0) is 25.5 Å². The van der Waals surface area contributed by atoms with Gasteiger partial charge in [-0.1, -0.05) is 73.9 Å². The summed E-state index contributed by atoms with van der Waals surface area (Å²) in [5.41, 5.74) is 10.6. The van der Waals surface area contributed by atoms with Crippen LogP contribution in [0.3, 0.4) is 0 Å². The molecule has 244 valence electrons. The van der Waals surface area contributed by atoms with Crippen molar-refractivity contribution in [3.8, 4) is 11.3 Å². The Labute approximate surface area is 305 Å². The Morgan fingerprint density at radius 1 is 0.896 bits per heavy atom. The number of nitrogens with one attached hydrogen (secondary N) is 1. The van der Waals surface area contributed by atoms with Crippen molar-refractivity contribution in [2.75, 3.05) is 18.5 Å². The van der Waals surface area contributed by atoms with Gasteiger partial charge in [0.25, 0.3) is 0 Å². The normalized spacial score (nSPS) is 14.3. The van der Waals surface area contributed by atoms with Crippen LogP contribution in [0.1, 0.15) is 72.4 Å². The van der Waals surface area contributed by atoms with E-state index in [0.29, 0.717) is 18.0 Å². The van der Waals surface area contributed by atoms with Crippen LogP contribution in [0.15, 0.2) is 108 Å². The van der Waals surface area contributed by atoms with Crippen molar-refractivity contribution in [1.29, 1.82) is 0 Å². The molecule has 0 saturated heterocycles. The van der Waals surface area contributed by atoms with Crippen molar-refractivity contribution in [3.05, 3.63) is 125 Å². The van der Waals surface area contributed by atoms with E-state index in [1.165, 1.54) is 49.8 Å². The standard InChI is InChI=1S/C38H38N2O6S.Na.H/c39-22-23-45-47(43,44)38(42)31-12-10-26(11-13-31)24-34(29-16-14-28(15-17-29)27-6-2-1-3-7-27)37(41)40-33-20-18-30(19-21-33)36-25-32-8-4-5-9-35(32)46-36;;/h4-5,8-21,25,27,34H,1-3,6-7,22-24,39H2,(H,40,41);;/q;+1;-1. The fraction of sp³-hybridized carbons (Fsp3) is 0.263. The number of hydrogen-bond donors (Lipinski definition) is 2. The van der Waals surface area contributed by atoms with E-state index in [-0.39, 0.29) is 55.6 Å². The number of rotatable bonds is 11. The summed E-state index contributed by atoms with van der Waals surface area (Å²) in [7, 11) is -4.43. The van der Waals surface area contributed by atoms with Crippen molar-refractivity contribution in [1.82, 2.24) is 0 Å². The van der Waals surface area contributed by atoms with E-state index in [9.17, 15) is 18.0 Å². The minimum atomic E-state index is -4.43. The topological polar surface area (TPSA) is 129 Å². The predicted octanol–water partition coefficient (Wildman–Crippen LogP) is 4.67. The minimum absolute atomic E-state index is 0. The van der Waals surface area contributed by atoms with Gasteiger partial charge in [-0.2, -0.15) is 8.42 Å². The Hall–Kier alpha value is -3.57. The van der Waals surface area contributed by atoms with E-state index >= 15 is 0 Å². The number of benzene rings is 4. The molecule has 1 amide bonds. The molecule has 0 aliphatic heterocycles. The number of carbonyl (C=O) groups is 2. The maximum absolute atomic E-state index is 13.9. The van der Waals surface area contributed by atoms with Crippen molar-refractivity contribution in [3.63, 3.8) is 0 Å². The molecule has 1 unspecified atom stereocenters. The second-order valence-electron chi connectivity index (χ2n) is 12.0. The van der Waals surface area contributed by atoms with Crippen molar-refractivity contribution >= 4 is 37.8 Å². The minimum Gasteiger partial charge on any atom is -1.00 e. The van der Waals surface area contributed by atoms with Crippen LogP contribution in [0.25, 0.3) is 22.3 Å². The second-order valence-corrected chi connectivity index (χ2v) is 13.5. The van der Waals surface area contributed by atoms with Gasteiger partial charge in [-0.3, -0.25) is 13.8 Å². The van der Waals surface area contributed by atoms with Gasteiger partial charge < -0.3 is 16.9 Å². The number of para-hydroxylation sites is 1. The number of nitrogens with two attached hydrogens (primary N) is 1. The molecule has 48 heavy (non-hydrogen) atoms. The van der Waals surface area contributed by atoms with Gasteiger partial charge in [-0.25, -0.2) is 0 Å². The number of furan rings is 1. The van der Waals surface area contributed by atoms with Gasteiger partial charge in [0.1, 0.15) is 11.3 Å². The predicted molar refractivity (Wildman–Crippen MR) is 185 cm³/mol. The van der Waals surface area contributed by atoms with Crippen LogP contribution in [0.4, 0.5) is 5.69 Å². The Kier molecular flexibility index (Phi) is 12.1. The van der Waals surface area contributed by atoms with E-state index < -0.39 is 21.2 Å². The fourth-order valence-electron chi connectivity index (χ4n) is 6.24. The van der Waals surface area contributed by atoms with Gasteiger partial charge in [0.2, 0.25) is 5.91 Å². The van der Waals surface area contributed by atoms with E-state index in [4.69, 9.17) is 10.2 Å². The Morgan fingerprint density at radius 3 is 2.25 bits per heavy atom. The largest absolute Gasteiger partial charge is 1.00 e. The maximum atomic E-state index is 13.9. The molecule has 0 bridgehead atoms. The zero-order valence-electron chi connectivity index (χ0n) is 28.1. The van der Waals surface area contributed by atoms with E-state index in [0.717, 1.165) is 33.4 Å². The Balaban J connectivity index is 0.00000270. The molecule has 10 heteroatoms. The van der Waals surface area contributed by atoms with Gasteiger partial charge in [0.05, 0.1) is 12.5 Å². The third-order valence-corrected chi connectivity index (χ3v) is 9.97. The van der Waals surface area contributed by atoms with Gasteiger partial charge in [0, 0.05) is 28.7 Å². The summed E-state index contributed by atoms with van der Waals surface area (Å²) in [5, 5.41) is 2.98. The molecule has 0 radical (unpaired) electrons. The molecule has 1 atom stereocenters. The average molecular weight is 675 g/mol. The number of fused-ring (bicyclic) bond motifs is 1. The molecule has 1 saturated carbocycles. The fourth-order valence-corrected chi connectivity index (χ4v) is 7.09. The summed E-state index contributed by atoms with van der Waals surface area (Å²) in [6.45, 7) is -0.299. The van der Waals surface area contributed by atoms with Crippen LogP contribution >= 0.6 is 0 Å². The SMILES string of the molecule is NCCOS(=O)(=O)C(=O)c1ccc(CC(C(=O)Nc2ccc(-c3cc4ccccc4o3)cc2)c2ccc(C3CCCCC3)cc2)cc1.[H-].[Na+]. The zero-order valence-corrected chi connectivity index (χ0v) is 29.9. The molecule has 1 aromatic heterocycles. The molecule has 0 spiro atoms. The van der Waals surface area contributed by atoms with E-state index in [1.54, 1.807) is 12.1 Å². The van der Waals surface area contributed by atoms with Gasteiger partial charge >= 0.3 is 44.8 Å². The maximum Gasteiger partial charge on any atom is 1.00 e.